The molecule has 1 aliphatic rings. The molecule has 1 heteroatoms. The highest BCUT2D eigenvalue weighted by atomic mass is 16.3. The van der Waals surface area contributed by atoms with Crippen molar-refractivity contribution in [2.24, 2.45) is 5.92 Å². The third kappa shape index (κ3) is 1.60. The van der Waals surface area contributed by atoms with Gasteiger partial charge in [0.2, 0.25) is 0 Å². The molecule has 0 saturated carbocycles. The second-order valence-corrected chi connectivity index (χ2v) is 3.73. The lowest BCUT2D eigenvalue weighted by atomic mass is 10.0. The summed E-state index contributed by atoms with van der Waals surface area (Å²) in [4.78, 5) is 0. The zero-order chi connectivity index (χ0) is 7.78. The van der Waals surface area contributed by atoms with Gasteiger partial charge in [0.1, 0.15) is 0 Å². The van der Waals surface area contributed by atoms with Gasteiger partial charge in [-0.2, -0.15) is 0 Å². The third-order valence-electron chi connectivity index (χ3n) is 2.16. The maximum Gasteiger partial charge on any atom is 0.0805 e. The molecule has 10 heavy (non-hydrogen) atoms. The van der Waals surface area contributed by atoms with E-state index in [0.717, 1.165) is 12.8 Å². The quantitative estimate of drug-likeness (QED) is 0.553. The minimum absolute atomic E-state index is 0.514. The Bertz CT molecular complexity index is 154. The predicted octanol–water partition coefficient (Wildman–Crippen LogP) is 2.11. The number of rotatable bonds is 1. The molecule has 1 N–H and O–H groups in total. The van der Waals surface area contributed by atoms with Crippen LogP contribution in [0.3, 0.4) is 0 Å². The summed E-state index contributed by atoms with van der Waals surface area (Å²) in [6.07, 6.45) is 3.99. The average Bonchev–Trinajstić information content (AvgIpc) is 2.10. The van der Waals surface area contributed by atoms with Crippen LogP contribution in [-0.4, -0.2) is 10.7 Å². The number of hydrogen-bond donors (Lipinski definition) is 1. The first-order chi connectivity index (χ1) is 4.51. The van der Waals surface area contributed by atoms with E-state index < -0.39 is 5.60 Å². The van der Waals surface area contributed by atoms with E-state index in [9.17, 15) is 5.11 Å². The lowest BCUT2D eigenvalue weighted by Gasteiger charge is -2.10. The van der Waals surface area contributed by atoms with E-state index in [1.165, 1.54) is 5.57 Å². The maximum absolute atomic E-state index is 9.54. The zero-order valence-electron chi connectivity index (χ0n) is 7.02. The summed E-state index contributed by atoms with van der Waals surface area (Å²) in [5.41, 5.74) is 0.893. The molecule has 0 aromatic heterocycles. The number of aliphatic hydroxyl groups is 1. The molecule has 0 saturated heterocycles. The summed E-state index contributed by atoms with van der Waals surface area (Å²) in [5.74, 6) is 0.606. The summed E-state index contributed by atoms with van der Waals surface area (Å²) in [6, 6.07) is 0. The van der Waals surface area contributed by atoms with Gasteiger partial charge in [-0.25, -0.2) is 0 Å². The van der Waals surface area contributed by atoms with Crippen LogP contribution >= 0.6 is 0 Å². The summed E-state index contributed by atoms with van der Waals surface area (Å²) in [5, 5.41) is 9.54. The molecule has 58 valence electrons. The van der Waals surface area contributed by atoms with E-state index >= 15 is 0 Å². The molecule has 0 amide bonds. The fourth-order valence-electron chi connectivity index (χ4n) is 1.40. The molecule has 0 aromatic rings. The van der Waals surface area contributed by atoms with Gasteiger partial charge >= 0.3 is 0 Å². The Kier molecular flexibility index (Phi) is 1.86. The van der Waals surface area contributed by atoms with E-state index in [2.05, 4.69) is 13.8 Å². The predicted molar refractivity (Wildman–Crippen MR) is 42.8 cm³/mol. The van der Waals surface area contributed by atoms with Gasteiger partial charge in [-0.05, 0) is 25.7 Å². The number of hydrogen-bond acceptors (Lipinski definition) is 1. The van der Waals surface area contributed by atoms with Crippen LogP contribution in [0.25, 0.3) is 0 Å². The first kappa shape index (κ1) is 7.80. The van der Waals surface area contributed by atoms with Crippen LogP contribution in [0, 0.1) is 5.92 Å². The molecule has 0 spiro atoms. The Morgan fingerprint density at radius 1 is 1.60 bits per heavy atom. The van der Waals surface area contributed by atoms with Crippen molar-refractivity contribution in [1.29, 1.82) is 0 Å². The smallest absolute Gasteiger partial charge is 0.0805 e. The lowest BCUT2D eigenvalue weighted by Crippen LogP contribution is -2.15. The normalized spacial score (nSPS) is 33.1. The van der Waals surface area contributed by atoms with Crippen LogP contribution in [0.4, 0.5) is 0 Å². The monoisotopic (exact) mass is 140 g/mol. The van der Waals surface area contributed by atoms with Crippen molar-refractivity contribution in [2.45, 2.75) is 39.2 Å². The van der Waals surface area contributed by atoms with Gasteiger partial charge in [-0.15, -0.1) is 0 Å². The SMILES string of the molecule is CC(C)C1=CC(C)(O)CC1. The molecule has 0 aliphatic heterocycles. The molecule has 0 bridgehead atoms. The molecule has 1 nitrogen and oxygen atoms in total. The van der Waals surface area contributed by atoms with Crippen molar-refractivity contribution < 1.29 is 5.11 Å². The molecule has 1 unspecified atom stereocenters. The summed E-state index contributed by atoms with van der Waals surface area (Å²) >= 11 is 0. The Hall–Kier alpha value is -0.300. The van der Waals surface area contributed by atoms with Gasteiger partial charge in [0.25, 0.3) is 0 Å². The molecule has 1 rings (SSSR count). The highest BCUT2D eigenvalue weighted by Crippen LogP contribution is 2.31. The molecule has 1 aliphatic carbocycles. The highest BCUT2D eigenvalue weighted by molar-refractivity contribution is 5.18. The standard InChI is InChI=1S/C9H16O/c1-7(2)8-4-5-9(3,10)6-8/h6-7,10H,4-5H2,1-3H3. The van der Waals surface area contributed by atoms with Gasteiger partial charge in [-0.3, -0.25) is 0 Å². The molecular formula is C9H16O. The second kappa shape index (κ2) is 2.39. The molecule has 0 fully saturated rings. The van der Waals surface area contributed by atoms with Crippen molar-refractivity contribution in [3.8, 4) is 0 Å². The van der Waals surface area contributed by atoms with E-state index in [0.29, 0.717) is 5.92 Å². The van der Waals surface area contributed by atoms with Crippen LogP contribution in [0.5, 0.6) is 0 Å². The Morgan fingerprint density at radius 2 is 2.20 bits per heavy atom. The Balaban J connectivity index is 2.66. The van der Waals surface area contributed by atoms with Crippen molar-refractivity contribution >= 4 is 0 Å². The van der Waals surface area contributed by atoms with Crippen molar-refractivity contribution in [3.63, 3.8) is 0 Å². The average molecular weight is 140 g/mol. The topological polar surface area (TPSA) is 20.2 Å². The van der Waals surface area contributed by atoms with Crippen LogP contribution in [0.2, 0.25) is 0 Å². The van der Waals surface area contributed by atoms with Crippen LogP contribution in [0.1, 0.15) is 33.6 Å². The van der Waals surface area contributed by atoms with Gasteiger partial charge < -0.3 is 5.11 Å². The molecule has 0 radical (unpaired) electrons. The van der Waals surface area contributed by atoms with E-state index in [4.69, 9.17) is 0 Å². The fraction of sp³-hybridized carbons (Fsp3) is 0.778. The van der Waals surface area contributed by atoms with E-state index in [-0.39, 0.29) is 0 Å². The van der Waals surface area contributed by atoms with Crippen LogP contribution < -0.4 is 0 Å². The van der Waals surface area contributed by atoms with Gasteiger partial charge in [-0.1, -0.05) is 25.5 Å². The van der Waals surface area contributed by atoms with Gasteiger partial charge in [0, 0.05) is 0 Å². The maximum atomic E-state index is 9.54. The highest BCUT2D eigenvalue weighted by Gasteiger charge is 2.25. The number of allylic oxidation sites excluding steroid dienone is 1. The molecule has 0 aromatic carbocycles. The molecular weight excluding hydrogens is 124 g/mol. The summed E-state index contributed by atoms with van der Waals surface area (Å²) in [7, 11) is 0. The molecule has 0 heterocycles. The third-order valence-corrected chi connectivity index (χ3v) is 2.16. The Labute approximate surface area is 62.8 Å². The summed E-state index contributed by atoms with van der Waals surface area (Å²) in [6.45, 7) is 6.23. The van der Waals surface area contributed by atoms with E-state index in [1.54, 1.807) is 0 Å². The molecule has 1 atom stereocenters. The zero-order valence-corrected chi connectivity index (χ0v) is 7.02. The van der Waals surface area contributed by atoms with Crippen LogP contribution in [0.15, 0.2) is 11.6 Å². The first-order valence-electron chi connectivity index (χ1n) is 3.95. The first-order valence-corrected chi connectivity index (χ1v) is 3.95. The Morgan fingerprint density at radius 3 is 2.40 bits per heavy atom. The van der Waals surface area contributed by atoms with Crippen molar-refractivity contribution in [3.05, 3.63) is 11.6 Å². The fourth-order valence-corrected chi connectivity index (χ4v) is 1.40. The lowest BCUT2D eigenvalue weighted by molar-refractivity contribution is 0.112. The minimum Gasteiger partial charge on any atom is -0.386 e. The summed E-state index contributed by atoms with van der Waals surface area (Å²) < 4.78 is 0. The van der Waals surface area contributed by atoms with Gasteiger partial charge in [0.15, 0.2) is 0 Å². The van der Waals surface area contributed by atoms with Crippen LogP contribution in [-0.2, 0) is 0 Å². The van der Waals surface area contributed by atoms with E-state index in [1.807, 2.05) is 13.0 Å². The minimum atomic E-state index is -0.514. The van der Waals surface area contributed by atoms with Crippen molar-refractivity contribution in [2.75, 3.05) is 0 Å². The largest absolute Gasteiger partial charge is 0.386 e. The van der Waals surface area contributed by atoms with Gasteiger partial charge in [0.05, 0.1) is 5.60 Å². The second-order valence-electron chi connectivity index (χ2n) is 3.73. The van der Waals surface area contributed by atoms with Crippen molar-refractivity contribution in [1.82, 2.24) is 0 Å².